The van der Waals surface area contributed by atoms with Gasteiger partial charge in [0.25, 0.3) is 0 Å². The Labute approximate surface area is 124 Å². The molecule has 0 saturated heterocycles. The maximum Gasteiger partial charge on any atom is 0.229 e. The lowest BCUT2D eigenvalue weighted by Gasteiger charge is -2.37. The monoisotopic (exact) mass is 283 g/mol. The summed E-state index contributed by atoms with van der Waals surface area (Å²) in [5.41, 5.74) is 7.54. The molecule has 1 amide bonds. The average Bonchev–Trinajstić information content (AvgIpc) is 2.46. The number of para-hydroxylation sites is 1. The molecule has 1 fully saturated rings. The summed E-state index contributed by atoms with van der Waals surface area (Å²) in [7, 11) is 0. The van der Waals surface area contributed by atoms with Gasteiger partial charge in [0.15, 0.2) is 0 Å². The number of nitrogens with zero attached hydrogens (tertiary/aromatic N) is 1. The lowest BCUT2D eigenvalue weighted by Crippen LogP contribution is -2.51. The molecule has 1 saturated carbocycles. The summed E-state index contributed by atoms with van der Waals surface area (Å²) in [6, 6.07) is 9.82. The van der Waals surface area contributed by atoms with E-state index in [1.54, 1.807) is 6.20 Å². The van der Waals surface area contributed by atoms with E-state index in [0.29, 0.717) is 0 Å². The summed E-state index contributed by atoms with van der Waals surface area (Å²) in [5.74, 6) is -0.116. The summed E-state index contributed by atoms with van der Waals surface area (Å²) >= 11 is 0. The molecule has 21 heavy (non-hydrogen) atoms. The van der Waals surface area contributed by atoms with Crippen LogP contribution in [0, 0.1) is 5.92 Å². The maximum absolute atomic E-state index is 12.5. The van der Waals surface area contributed by atoms with E-state index in [9.17, 15) is 4.79 Å². The van der Waals surface area contributed by atoms with Gasteiger partial charge in [-0.3, -0.25) is 9.78 Å². The van der Waals surface area contributed by atoms with Crippen LogP contribution >= 0.6 is 0 Å². The lowest BCUT2D eigenvalue weighted by molar-refractivity contribution is -0.122. The van der Waals surface area contributed by atoms with E-state index in [1.165, 1.54) is 0 Å². The Hall–Kier alpha value is -1.94. The van der Waals surface area contributed by atoms with Gasteiger partial charge in [0.2, 0.25) is 5.91 Å². The van der Waals surface area contributed by atoms with Crippen molar-refractivity contribution < 1.29 is 4.79 Å². The van der Waals surface area contributed by atoms with Crippen molar-refractivity contribution in [1.29, 1.82) is 0 Å². The van der Waals surface area contributed by atoms with Gasteiger partial charge in [-0.25, -0.2) is 0 Å². The van der Waals surface area contributed by atoms with Crippen LogP contribution in [0.5, 0.6) is 0 Å². The topological polar surface area (TPSA) is 68.0 Å². The van der Waals surface area contributed by atoms with Gasteiger partial charge in [0.05, 0.1) is 23.3 Å². The first kappa shape index (κ1) is 14.0. The van der Waals surface area contributed by atoms with Crippen LogP contribution in [0.15, 0.2) is 36.5 Å². The number of aromatic nitrogens is 1. The summed E-state index contributed by atoms with van der Waals surface area (Å²) in [6.45, 7) is 1.98. The Morgan fingerprint density at radius 1 is 1.38 bits per heavy atom. The molecular weight excluding hydrogens is 262 g/mol. The molecular formula is C17H21N3O. The van der Waals surface area contributed by atoms with Crippen LogP contribution in [0.25, 0.3) is 10.9 Å². The highest BCUT2D eigenvalue weighted by Crippen LogP contribution is 2.32. The van der Waals surface area contributed by atoms with Crippen LogP contribution in [0.2, 0.25) is 0 Å². The number of pyridine rings is 1. The third-order valence-corrected chi connectivity index (χ3v) is 4.43. The quantitative estimate of drug-likeness (QED) is 0.890. The first-order chi connectivity index (χ1) is 10.1. The number of anilines is 1. The minimum absolute atomic E-state index is 0.0109. The molecule has 1 heterocycles. The van der Waals surface area contributed by atoms with Gasteiger partial charge in [-0.05, 0) is 31.9 Å². The molecule has 1 aromatic heterocycles. The number of hydrogen-bond acceptors (Lipinski definition) is 3. The Morgan fingerprint density at radius 3 is 3.00 bits per heavy atom. The van der Waals surface area contributed by atoms with E-state index in [4.69, 9.17) is 5.73 Å². The highest BCUT2D eigenvalue weighted by atomic mass is 16.1. The summed E-state index contributed by atoms with van der Waals surface area (Å²) in [4.78, 5) is 16.9. The van der Waals surface area contributed by atoms with Gasteiger partial charge in [-0.2, -0.15) is 0 Å². The minimum atomic E-state index is -0.410. The van der Waals surface area contributed by atoms with Gasteiger partial charge >= 0.3 is 0 Å². The molecule has 0 aliphatic heterocycles. The SMILES string of the molecule is CC1(N)CCCCC1C(=O)Nc1cnc2ccccc2c1. The van der Waals surface area contributed by atoms with Crippen LogP contribution in [0.3, 0.4) is 0 Å². The molecule has 0 radical (unpaired) electrons. The van der Waals surface area contributed by atoms with Crippen LogP contribution < -0.4 is 11.1 Å². The highest BCUT2D eigenvalue weighted by Gasteiger charge is 2.37. The van der Waals surface area contributed by atoms with E-state index in [0.717, 1.165) is 42.3 Å². The number of rotatable bonds is 2. The van der Waals surface area contributed by atoms with Gasteiger partial charge in [-0.15, -0.1) is 0 Å². The van der Waals surface area contributed by atoms with Crippen molar-refractivity contribution in [3.05, 3.63) is 36.5 Å². The molecule has 4 heteroatoms. The zero-order valence-corrected chi connectivity index (χ0v) is 12.3. The fraction of sp³-hybridized carbons (Fsp3) is 0.412. The highest BCUT2D eigenvalue weighted by molar-refractivity contribution is 5.95. The molecule has 2 atom stereocenters. The fourth-order valence-corrected chi connectivity index (χ4v) is 3.16. The largest absolute Gasteiger partial charge is 0.325 e. The summed E-state index contributed by atoms with van der Waals surface area (Å²) in [6.07, 6.45) is 5.65. The molecule has 2 unspecified atom stereocenters. The van der Waals surface area contributed by atoms with Crippen molar-refractivity contribution in [2.45, 2.75) is 38.1 Å². The number of carbonyl (C=O) groups is 1. The summed E-state index contributed by atoms with van der Waals surface area (Å²) in [5, 5.41) is 4.00. The third-order valence-electron chi connectivity index (χ3n) is 4.43. The Morgan fingerprint density at radius 2 is 2.19 bits per heavy atom. The average molecular weight is 283 g/mol. The first-order valence-corrected chi connectivity index (χ1v) is 7.51. The Kier molecular flexibility index (Phi) is 3.64. The molecule has 3 N–H and O–H groups in total. The number of benzene rings is 1. The minimum Gasteiger partial charge on any atom is -0.325 e. The van der Waals surface area contributed by atoms with Crippen molar-refractivity contribution in [3.63, 3.8) is 0 Å². The van der Waals surface area contributed by atoms with Crippen molar-refractivity contribution in [2.75, 3.05) is 5.32 Å². The van der Waals surface area contributed by atoms with Crippen LogP contribution in [-0.4, -0.2) is 16.4 Å². The lowest BCUT2D eigenvalue weighted by atomic mass is 9.74. The predicted molar refractivity (Wildman–Crippen MR) is 84.9 cm³/mol. The second kappa shape index (κ2) is 5.45. The number of nitrogens with two attached hydrogens (primary N) is 1. The standard InChI is InChI=1S/C17H21N3O/c1-17(18)9-5-4-7-14(17)16(21)20-13-10-12-6-2-3-8-15(12)19-11-13/h2-3,6,8,10-11,14H,4-5,7,9,18H2,1H3,(H,20,21). The van der Waals surface area contributed by atoms with E-state index in [-0.39, 0.29) is 11.8 Å². The van der Waals surface area contributed by atoms with E-state index in [2.05, 4.69) is 10.3 Å². The number of carbonyl (C=O) groups excluding carboxylic acids is 1. The predicted octanol–water partition coefficient (Wildman–Crippen LogP) is 3.08. The third kappa shape index (κ3) is 2.90. The van der Waals surface area contributed by atoms with E-state index >= 15 is 0 Å². The molecule has 110 valence electrons. The van der Waals surface area contributed by atoms with E-state index < -0.39 is 5.54 Å². The fourth-order valence-electron chi connectivity index (χ4n) is 3.16. The number of amides is 1. The number of nitrogens with one attached hydrogen (secondary N) is 1. The van der Waals surface area contributed by atoms with Crippen molar-refractivity contribution in [1.82, 2.24) is 4.98 Å². The second-order valence-electron chi connectivity index (χ2n) is 6.21. The molecule has 4 nitrogen and oxygen atoms in total. The molecule has 1 aromatic carbocycles. The molecule has 0 bridgehead atoms. The smallest absolute Gasteiger partial charge is 0.229 e. The number of hydrogen-bond donors (Lipinski definition) is 2. The summed E-state index contributed by atoms with van der Waals surface area (Å²) < 4.78 is 0. The van der Waals surface area contributed by atoms with Crippen LogP contribution in [-0.2, 0) is 4.79 Å². The van der Waals surface area contributed by atoms with Gasteiger partial charge in [0.1, 0.15) is 0 Å². The van der Waals surface area contributed by atoms with Crippen molar-refractivity contribution in [3.8, 4) is 0 Å². The van der Waals surface area contributed by atoms with Crippen molar-refractivity contribution >= 4 is 22.5 Å². The van der Waals surface area contributed by atoms with E-state index in [1.807, 2.05) is 37.3 Å². The molecule has 1 aliphatic carbocycles. The van der Waals surface area contributed by atoms with Gasteiger partial charge in [-0.1, -0.05) is 31.0 Å². The molecule has 1 aliphatic rings. The molecule has 0 spiro atoms. The normalized spacial score (nSPS) is 25.7. The van der Waals surface area contributed by atoms with Crippen molar-refractivity contribution in [2.24, 2.45) is 11.7 Å². The zero-order valence-electron chi connectivity index (χ0n) is 12.3. The van der Waals surface area contributed by atoms with Crippen LogP contribution in [0.4, 0.5) is 5.69 Å². The molecule has 2 aromatic rings. The second-order valence-corrected chi connectivity index (χ2v) is 6.21. The molecule has 3 rings (SSSR count). The first-order valence-electron chi connectivity index (χ1n) is 7.51. The zero-order chi connectivity index (χ0) is 14.9. The number of fused-ring (bicyclic) bond motifs is 1. The van der Waals surface area contributed by atoms with Gasteiger partial charge < -0.3 is 11.1 Å². The Balaban J connectivity index is 1.79. The van der Waals surface area contributed by atoms with Gasteiger partial charge in [0, 0.05) is 10.9 Å². The maximum atomic E-state index is 12.5. The Bertz CT molecular complexity index is 666. The van der Waals surface area contributed by atoms with Crippen LogP contribution in [0.1, 0.15) is 32.6 Å².